The number of phenolic OH excluding ortho intramolecular Hbond substituents is 1. The Morgan fingerprint density at radius 3 is 2.38 bits per heavy atom. The highest BCUT2D eigenvalue weighted by atomic mass is 16.3. The van der Waals surface area contributed by atoms with E-state index in [-0.39, 0.29) is 11.5 Å². The average molecular weight is 218 g/mol. The van der Waals surface area contributed by atoms with E-state index in [1.165, 1.54) is 12.1 Å². The molecule has 86 valence electrons. The van der Waals surface area contributed by atoms with E-state index in [9.17, 15) is 4.79 Å². The number of carbonyl (C=O) groups excluding carboxylic acids is 1. The van der Waals surface area contributed by atoms with Crippen LogP contribution in [0.15, 0.2) is 35.9 Å². The molecule has 0 unspecified atom stereocenters. The maximum absolute atomic E-state index is 11.8. The van der Waals surface area contributed by atoms with Crippen LogP contribution in [0.5, 0.6) is 5.75 Å². The molecular formula is C14H18O2. The largest absolute Gasteiger partial charge is 0.508 e. The summed E-state index contributed by atoms with van der Waals surface area (Å²) in [6, 6.07) is 6.32. The van der Waals surface area contributed by atoms with Crippen molar-refractivity contribution in [1.82, 2.24) is 0 Å². The van der Waals surface area contributed by atoms with Crippen LogP contribution in [0.4, 0.5) is 0 Å². The summed E-state index contributed by atoms with van der Waals surface area (Å²) >= 11 is 0. The zero-order valence-corrected chi connectivity index (χ0v) is 10.0. The van der Waals surface area contributed by atoms with E-state index in [1.807, 2.05) is 6.92 Å². The Morgan fingerprint density at radius 1 is 1.31 bits per heavy atom. The van der Waals surface area contributed by atoms with E-state index < -0.39 is 0 Å². The molecule has 0 aromatic heterocycles. The van der Waals surface area contributed by atoms with Gasteiger partial charge in [0.05, 0.1) is 0 Å². The molecule has 0 aliphatic rings. The van der Waals surface area contributed by atoms with E-state index in [2.05, 4.69) is 13.8 Å². The molecule has 0 aliphatic carbocycles. The number of aromatic hydroxyl groups is 1. The molecule has 1 aromatic carbocycles. The molecule has 1 N–H and O–H groups in total. The molecule has 0 spiro atoms. The highest BCUT2D eigenvalue weighted by molar-refractivity contribution is 6.04. The van der Waals surface area contributed by atoms with Gasteiger partial charge in [0.2, 0.25) is 0 Å². The van der Waals surface area contributed by atoms with E-state index in [0.29, 0.717) is 11.5 Å². The lowest BCUT2D eigenvalue weighted by molar-refractivity contribution is 0.104. The standard InChI is InChI=1S/C14H18O2/c1-10(2)8-11(3)9-14(16)12-4-6-13(15)7-5-12/h4-7,9-10,15H,8H2,1-3H3/b11-9+. The van der Waals surface area contributed by atoms with Gasteiger partial charge in [0.1, 0.15) is 5.75 Å². The third-order valence-corrected chi connectivity index (χ3v) is 2.26. The van der Waals surface area contributed by atoms with Gasteiger partial charge in [-0.1, -0.05) is 19.4 Å². The number of carbonyl (C=O) groups is 1. The summed E-state index contributed by atoms with van der Waals surface area (Å²) in [6.45, 7) is 6.23. The molecule has 0 heterocycles. The summed E-state index contributed by atoms with van der Waals surface area (Å²) in [5, 5.41) is 9.11. The van der Waals surface area contributed by atoms with Crippen molar-refractivity contribution in [3.8, 4) is 5.75 Å². The lowest BCUT2D eigenvalue weighted by Crippen LogP contribution is -1.97. The summed E-state index contributed by atoms with van der Waals surface area (Å²) in [6.07, 6.45) is 2.61. The van der Waals surface area contributed by atoms with Crippen molar-refractivity contribution in [3.63, 3.8) is 0 Å². The predicted molar refractivity (Wildman–Crippen MR) is 65.6 cm³/mol. The van der Waals surface area contributed by atoms with Crippen LogP contribution < -0.4 is 0 Å². The Bertz CT molecular complexity index is 386. The minimum atomic E-state index is -0.00171. The third-order valence-electron chi connectivity index (χ3n) is 2.26. The van der Waals surface area contributed by atoms with E-state index in [1.54, 1.807) is 18.2 Å². The lowest BCUT2D eigenvalue weighted by atomic mass is 10.0. The number of benzene rings is 1. The zero-order chi connectivity index (χ0) is 12.1. The molecule has 0 saturated carbocycles. The first-order valence-corrected chi connectivity index (χ1v) is 5.49. The topological polar surface area (TPSA) is 37.3 Å². The molecule has 2 nitrogen and oxygen atoms in total. The summed E-state index contributed by atoms with van der Waals surface area (Å²) < 4.78 is 0. The van der Waals surface area contributed by atoms with Crippen LogP contribution in [0.2, 0.25) is 0 Å². The zero-order valence-electron chi connectivity index (χ0n) is 10.0. The first-order valence-electron chi connectivity index (χ1n) is 5.49. The molecule has 0 atom stereocenters. The summed E-state index contributed by atoms with van der Waals surface area (Å²) in [5.74, 6) is 0.737. The van der Waals surface area contributed by atoms with Gasteiger partial charge < -0.3 is 5.11 Å². The van der Waals surface area contributed by atoms with Gasteiger partial charge in [-0.15, -0.1) is 0 Å². The second kappa shape index (κ2) is 5.50. The lowest BCUT2D eigenvalue weighted by Gasteiger charge is -2.04. The Balaban J connectivity index is 2.75. The Kier molecular flexibility index (Phi) is 4.29. The van der Waals surface area contributed by atoms with Gasteiger partial charge in [-0.25, -0.2) is 0 Å². The van der Waals surface area contributed by atoms with E-state index in [4.69, 9.17) is 5.11 Å². The smallest absolute Gasteiger partial charge is 0.185 e. The number of allylic oxidation sites excluding steroid dienone is 2. The van der Waals surface area contributed by atoms with Crippen molar-refractivity contribution < 1.29 is 9.90 Å². The highest BCUT2D eigenvalue weighted by Gasteiger charge is 2.04. The number of hydrogen-bond acceptors (Lipinski definition) is 2. The number of rotatable bonds is 4. The number of hydrogen-bond donors (Lipinski definition) is 1. The molecule has 0 bridgehead atoms. The van der Waals surface area contributed by atoms with Gasteiger partial charge >= 0.3 is 0 Å². The SMILES string of the molecule is C/C(=C\C(=O)c1ccc(O)cc1)CC(C)C. The molecule has 1 aromatic rings. The van der Waals surface area contributed by atoms with Gasteiger partial charge in [0.25, 0.3) is 0 Å². The van der Waals surface area contributed by atoms with Crippen molar-refractivity contribution in [1.29, 1.82) is 0 Å². The van der Waals surface area contributed by atoms with E-state index >= 15 is 0 Å². The van der Waals surface area contributed by atoms with Crippen LogP contribution in [0.1, 0.15) is 37.6 Å². The van der Waals surface area contributed by atoms with Crippen molar-refractivity contribution in [2.45, 2.75) is 27.2 Å². The fourth-order valence-electron chi connectivity index (χ4n) is 1.64. The molecule has 0 radical (unpaired) electrons. The van der Waals surface area contributed by atoms with Gasteiger partial charge in [0.15, 0.2) is 5.78 Å². The van der Waals surface area contributed by atoms with Crippen molar-refractivity contribution in [2.75, 3.05) is 0 Å². The van der Waals surface area contributed by atoms with Gasteiger partial charge in [-0.05, 0) is 49.6 Å². The number of phenols is 1. The Morgan fingerprint density at radius 2 is 1.88 bits per heavy atom. The maximum Gasteiger partial charge on any atom is 0.185 e. The predicted octanol–water partition coefficient (Wildman–Crippen LogP) is 3.57. The summed E-state index contributed by atoms with van der Waals surface area (Å²) in [4.78, 5) is 11.8. The summed E-state index contributed by atoms with van der Waals surface area (Å²) in [5.41, 5.74) is 1.70. The van der Waals surface area contributed by atoms with Gasteiger partial charge in [0, 0.05) is 5.56 Å². The highest BCUT2D eigenvalue weighted by Crippen LogP contribution is 2.14. The van der Waals surface area contributed by atoms with Crippen LogP contribution in [0.25, 0.3) is 0 Å². The second-order valence-electron chi connectivity index (χ2n) is 4.50. The molecule has 0 aliphatic heterocycles. The third kappa shape index (κ3) is 3.89. The molecule has 16 heavy (non-hydrogen) atoms. The molecule has 0 fully saturated rings. The molecule has 2 heteroatoms. The minimum Gasteiger partial charge on any atom is -0.508 e. The maximum atomic E-state index is 11.8. The van der Waals surface area contributed by atoms with Crippen molar-refractivity contribution in [2.24, 2.45) is 5.92 Å². The molecule has 0 amide bonds. The monoisotopic (exact) mass is 218 g/mol. The minimum absolute atomic E-state index is 0.00171. The van der Waals surface area contributed by atoms with Crippen LogP contribution in [0.3, 0.4) is 0 Å². The fourth-order valence-corrected chi connectivity index (χ4v) is 1.64. The van der Waals surface area contributed by atoms with Gasteiger partial charge in [-0.2, -0.15) is 0 Å². The Hall–Kier alpha value is -1.57. The quantitative estimate of drug-likeness (QED) is 0.619. The molecule has 0 saturated heterocycles. The second-order valence-corrected chi connectivity index (χ2v) is 4.50. The molecule has 1 rings (SSSR count). The summed E-state index contributed by atoms with van der Waals surface area (Å²) in [7, 11) is 0. The first-order chi connectivity index (χ1) is 7.49. The van der Waals surface area contributed by atoms with Crippen molar-refractivity contribution in [3.05, 3.63) is 41.5 Å². The van der Waals surface area contributed by atoms with Crippen LogP contribution in [-0.2, 0) is 0 Å². The van der Waals surface area contributed by atoms with Crippen LogP contribution in [-0.4, -0.2) is 10.9 Å². The normalized spacial score (nSPS) is 11.9. The van der Waals surface area contributed by atoms with Crippen LogP contribution in [0, 0.1) is 5.92 Å². The number of ketones is 1. The fraction of sp³-hybridized carbons (Fsp3) is 0.357. The Labute approximate surface area is 96.6 Å². The first kappa shape index (κ1) is 12.5. The van der Waals surface area contributed by atoms with Crippen LogP contribution >= 0.6 is 0 Å². The molecular weight excluding hydrogens is 200 g/mol. The van der Waals surface area contributed by atoms with E-state index in [0.717, 1.165) is 12.0 Å². The van der Waals surface area contributed by atoms with Gasteiger partial charge in [-0.3, -0.25) is 4.79 Å². The average Bonchev–Trinajstić information content (AvgIpc) is 2.16. The van der Waals surface area contributed by atoms with Crippen molar-refractivity contribution >= 4 is 5.78 Å².